The minimum atomic E-state index is 0.246. The molecule has 2 rings (SSSR count). The molecule has 74 valence electrons. The Hall–Kier alpha value is -1.57. The lowest BCUT2D eigenvalue weighted by Gasteiger charge is -2.01. The Bertz CT molecular complexity index is 383. The molecule has 0 spiro atoms. The lowest BCUT2D eigenvalue weighted by Crippen LogP contribution is -1.82. The highest BCUT2D eigenvalue weighted by atomic mass is 16.3. The SMILES string of the molecule is CC.Cc1ncc(O)c2ccccc12. The van der Waals surface area contributed by atoms with E-state index in [9.17, 15) is 5.11 Å². The van der Waals surface area contributed by atoms with Gasteiger partial charge in [0.15, 0.2) is 0 Å². The second-order valence-electron chi connectivity index (χ2n) is 2.77. The molecule has 14 heavy (non-hydrogen) atoms. The van der Waals surface area contributed by atoms with Crippen LogP contribution in [0, 0.1) is 6.92 Å². The molecule has 0 aliphatic carbocycles. The molecule has 0 aliphatic rings. The monoisotopic (exact) mass is 189 g/mol. The molecular formula is C12H15NO. The van der Waals surface area contributed by atoms with Gasteiger partial charge in [0.2, 0.25) is 0 Å². The first kappa shape index (κ1) is 10.5. The normalized spacial score (nSPS) is 9.36. The van der Waals surface area contributed by atoms with Gasteiger partial charge in [0, 0.05) is 16.5 Å². The number of nitrogens with zero attached hydrogens (tertiary/aromatic N) is 1. The minimum Gasteiger partial charge on any atom is -0.506 e. The number of fused-ring (bicyclic) bond motifs is 1. The second-order valence-corrected chi connectivity index (χ2v) is 2.77. The van der Waals surface area contributed by atoms with Crippen LogP contribution in [0.25, 0.3) is 10.8 Å². The first-order valence-corrected chi connectivity index (χ1v) is 4.82. The third-order valence-electron chi connectivity index (χ3n) is 1.97. The van der Waals surface area contributed by atoms with Gasteiger partial charge >= 0.3 is 0 Å². The van der Waals surface area contributed by atoms with Gasteiger partial charge < -0.3 is 5.11 Å². The van der Waals surface area contributed by atoms with E-state index in [0.717, 1.165) is 16.5 Å². The van der Waals surface area contributed by atoms with E-state index >= 15 is 0 Å². The van der Waals surface area contributed by atoms with Crippen molar-refractivity contribution >= 4 is 10.8 Å². The van der Waals surface area contributed by atoms with Crippen LogP contribution in [0.5, 0.6) is 5.75 Å². The molecule has 0 saturated heterocycles. The average molecular weight is 189 g/mol. The van der Waals surface area contributed by atoms with E-state index in [1.807, 2.05) is 45.0 Å². The molecule has 0 bridgehead atoms. The number of aryl methyl sites for hydroxylation is 1. The van der Waals surface area contributed by atoms with Gasteiger partial charge in [-0.3, -0.25) is 4.98 Å². The standard InChI is InChI=1S/C10H9NO.C2H6/c1-7-8-4-2-3-5-9(8)10(12)6-11-7;1-2/h2-6,12H,1H3;1-2H3. The summed E-state index contributed by atoms with van der Waals surface area (Å²) in [7, 11) is 0. The van der Waals surface area contributed by atoms with E-state index in [0.29, 0.717) is 0 Å². The van der Waals surface area contributed by atoms with Gasteiger partial charge in [0.1, 0.15) is 5.75 Å². The van der Waals surface area contributed by atoms with Crippen molar-refractivity contribution < 1.29 is 5.11 Å². The summed E-state index contributed by atoms with van der Waals surface area (Å²) < 4.78 is 0. The van der Waals surface area contributed by atoms with Crippen LogP contribution < -0.4 is 0 Å². The van der Waals surface area contributed by atoms with Gasteiger partial charge in [-0.25, -0.2) is 0 Å². The Kier molecular flexibility index (Phi) is 3.46. The number of rotatable bonds is 0. The highest BCUT2D eigenvalue weighted by molar-refractivity contribution is 5.89. The van der Waals surface area contributed by atoms with Crippen molar-refractivity contribution in [1.82, 2.24) is 4.98 Å². The quantitative estimate of drug-likeness (QED) is 0.690. The van der Waals surface area contributed by atoms with Gasteiger partial charge in [0.25, 0.3) is 0 Å². The van der Waals surface area contributed by atoms with Crippen LogP contribution >= 0.6 is 0 Å². The minimum absolute atomic E-state index is 0.246. The Morgan fingerprint density at radius 3 is 2.21 bits per heavy atom. The van der Waals surface area contributed by atoms with Crippen LogP contribution in [0.2, 0.25) is 0 Å². The summed E-state index contributed by atoms with van der Waals surface area (Å²) in [4.78, 5) is 4.06. The number of pyridine rings is 1. The third kappa shape index (κ3) is 1.84. The summed E-state index contributed by atoms with van der Waals surface area (Å²) in [6.07, 6.45) is 1.48. The van der Waals surface area contributed by atoms with Crippen LogP contribution in [-0.4, -0.2) is 10.1 Å². The molecule has 0 unspecified atom stereocenters. The first-order valence-electron chi connectivity index (χ1n) is 4.82. The number of aromatic hydroxyl groups is 1. The molecular weight excluding hydrogens is 174 g/mol. The van der Waals surface area contributed by atoms with Crippen LogP contribution in [0.1, 0.15) is 19.5 Å². The van der Waals surface area contributed by atoms with E-state index in [4.69, 9.17) is 0 Å². The Labute approximate surface area is 84.2 Å². The van der Waals surface area contributed by atoms with Crippen molar-refractivity contribution in [2.45, 2.75) is 20.8 Å². The zero-order valence-electron chi connectivity index (χ0n) is 8.78. The van der Waals surface area contributed by atoms with Crippen molar-refractivity contribution in [3.05, 3.63) is 36.2 Å². The number of hydrogen-bond donors (Lipinski definition) is 1. The van der Waals surface area contributed by atoms with Gasteiger partial charge in [-0.05, 0) is 6.92 Å². The predicted molar refractivity (Wildman–Crippen MR) is 59.5 cm³/mol. The molecule has 0 radical (unpaired) electrons. The van der Waals surface area contributed by atoms with Crippen molar-refractivity contribution in [1.29, 1.82) is 0 Å². The van der Waals surface area contributed by atoms with Gasteiger partial charge in [-0.15, -0.1) is 0 Å². The van der Waals surface area contributed by atoms with E-state index in [1.165, 1.54) is 6.20 Å². The maximum Gasteiger partial charge on any atom is 0.141 e. The van der Waals surface area contributed by atoms with Gasteiger partial charge in [0.05, 0.1) is 6.20 Å². The summed E-state index contributed by atoms with van der Waals surface area (Å²) in [5, 5.41) is 11.3. The summed E-state index contributed by atoms with van der Waals surface area (Å²) in [6, 6.07) is 7.69. The maximum absolute atomic E-state index is 9.43. The fourth-order valence-corrected chi connectivity index (χ4v) is 1.32. The van der Waals surface area contributed by atoms with E-state index in [-0.39, 0.29) is 5.75 Å². The van der Waals surface area contributed by atoms with E-state index in [1.54, 1.807) is 0 Å². The predicted octanol–water partition coefficient (Wildman–Crippen LogP) is 3.28. The molecule has 2 nitrogen and oxygen atoms in total. The van der Waals surface area contributed by atoms with Crippen LogP contribution in [-0.2, 0) is 0 Å². The zero-order chi connectivity index (χ0) is 10.6. The fourth-order valence-electron chi connectivity index (χ4n) is 1.32. The fraction of sp³-hybridized carbons (Fsp3) is 0.250. The van der Waals surface area contributed by atoms with Crippen LogP contribution in [0.4, 0.5) is 0 Å². The average Bonchev–Trinajstić information content (AvgIpc) is 2.27. The van der Waals surface area contributed by atoms with Crippen molar-refractivity contribution in [3.63, 3.8) is 0 Å². The molecule has 0 aliphatic heterocycles. The molecule has 2 aromatic rings. The molecule has 1 N–H and O–H groups in total. The molecule has 1 aromatic carbocycles. The Morgan fingerprint density at radius 2 is 1.64 bits per heavy atom. The van der Waals surface area contributed by atoms with E-state index < -0.39 is 0 Å². The largest absolute Gasteiger partial charge is 0.506 e. The van der Waals surface area contributed by atoms with E-state index in [2.05, 4.69) is 4.98 Å². The Morgan fingerprint density at radius 1 is 1.07 bits per heavy atom. The van der Waals surface area contributed by atoms with Crippen LogP contribution in [0.15, 0.2) is 30.5 Å². The van der Waals surface area contributed by atoms with Crippen LogP contribution in [0.3, 0.4) is 0 Å². The topological polar surface area (TPSA) is 33.1 Å². The summed E-state index contributed by atoms with van der Waals surface area (Å²) in [6.45, 7) is 5.93. The number of hydrogen-bond acceptors (Lipinski definition) is 2. The molecule has 0 saturated carbocycles. The second kappa shape index (κ2) is 4.61. The molecule has 0 fully saturated rings. The van der Waals surface area contributed by atoms with Crippen molar-refractivity contribution in [2.75, 3.05) is 0 Å². The smallest absolute Gasteiger partial charge is 0.141 e. The van der Waals surface area contributed by atoms with Crippen molar-refractivity contribution in [3.8, 4) is 5.75 Å². The molecule has 2 heteroatoms. The summed E-state index contributed by atoms with van der Waals surface area (Å²) in [5.41, 5.74) is 0.948. The molecule has 1 aromatic heterocycles. The number of benzene rings is 1. The Balaban J connectivity index is 0.000000461. The molecule has 0 atom stereocenters. The summed E-state index contributed by atoms with van der Waals surface area (Å²) >= 11 is 0. The molecule has 0 amide bonds. The third-order valence-corrected chi connectivity index (χ3v) is 1.97. The molecule has 1 heterocycles. The number of aromatic nitrogens is 1. The lowest BCUT2D eigenvalue weighted by molar-refractivity contribution is 0.479. The maximum atomic E-state index is 9.43. The van der Waals surface area contributed by atoms with Crippen molar-refractivity contribution in [2.24, 2.45) is 0 Å². The first-order chi connectivity index (χ1) is 6.79. The highest BCUT2D eigenvalue weighted by Gasteiger charge is 2.00. The highest BCUT2D eigenvalue weighted by Crippen LogP contribution is 2.24. The van der Waals surface area contributed by atoms with Gasteiger partial charge in [-0.1, -0.05) is 38.1 Å². The van der Waals surface area contributed by atoms with Gasteiger partial charge in [-0.2, -0.15) is 0 Å². The summed E-state index contributed by atoms with van der Waals surface area (Å²) in [5.74, 6) is 0.246. The lowest BCUT2D eigenvalue weighted by atomic mass is 10.1. The zero-order valence-corrected chi connectivity index (χ0v) is 8.78.